The van der Waals surface area contributed by atoms with Crippen molar-refractivity contribution < 1.29 is 42.9 Å². The number of carboxylic acid groups (broad SMARTS) is 1. The molecule has 0 radical (unpaired) electrons. The van der Waals surface area contributed by atoms with Gasteiger partial charge in [-0.25, -0.2) is 4.79 Å². The number of carboxylic acids is 1. The highest BCUT2D eigenvalue weighted by Gasteiger charge is 2.25. The Hall–Kier alpha value is -4.05. The fourth-order valence-electron chi connectivity index (χ4n) is 8.02. The average Bonchev–Trinajstić information content (AvgIpc) is 3.38. The first-order chi connectivity index (χ1) is 36.6. The number of allylic oxidation sites excluding steroid dienone is 17. The van der Waals surface area contributed by atoms with Crippen molar-refractivity contribution in [2.24, 2.45) is 0 Å². The molecule has 0 aliphatic carbocycles. The van der Waals surface area contributed by atoms with E-state index in [0.29, 0.717) is 17.4 Å². The Labute approximate surface area is 460 Å². The zero-order chi connectivity index (χ0) is 54.8. The van der Waals surface area contributed by atoms with Crippen LogP contribution in [0, 0.1) is 0 Å². The van der Waals surface area contributed by atoms with Gasteiger partial charge in [0.15, 0.2) is 6.10 Å². The molecular formula is C66H112NO8+. The van der Waals surface area contributed by atoms with Gasteiger partial charge in [0.25, 0.3) is 6.29 Å². The summed E-state index contributed by atoms with van der Waals surface area (Å²) in [5.41, 5.74) is 0. The molecular weight excluding hydrogens is 935 g/mol. The Kier molecular flexibility index (Phi) is 53.1. The maximum atomic E-state index is 12.8. The largest absolute Gasteiger partial charge is 0.477 e. The van der Waals surface area contributed by atoms with Crippen LogP contribution in [0.2, 0.25) is 0 Å². The van der Waals surface area contributed by atoms with E-state index in [1.54, 1.807) is 6.08 Å². The van der Waals surface area contributed by atoms with Crippen molar-refractivity contribution in [2.75, 3.05) is 47.5 Å². The molecule has 2 atom stereocenters. The summed E-state index contributed by atoms with van der Waals surface area (Å²) < 4.78 is 22.7. The summed E-state index contributed by atoms with van der Waals surface area (Å²) in [4.78, 5) is 37.3. The lowest BCUT2D eigenvalue weighted by Crippen LogP contribution is -2.40. The standard InChI is InChI=1S/C66H111NO8/c1-6-8-10-12-14-16-18-20-22-23-24-25-26-27-28-29-30-31-32-33-34-35-36-37-38-39-40-41-43-44-46-48-50-52-54-56-63(68)73-60-62(61-74-66(65(70)71)72-59-58-67(3,4)5)75-64(69)57-55-53-51-49-47-45-42-21-19-17-15-13-11-9-7-2/h8-11,14-17,20-22,24-25,42,47,49,53,55,62,66H,6-7,12-13,18-19,23,26-41,43-46,48,50-52,54,56-61H2,1-5H3/p+1/b10-8-,11-9-,16-14-,17-15-,22-20-,25-24-,42-21-,49-47-,55-53-. The minimum absolute atomic E-state index is 0.0248. The Morgan fingerprint density at radius 2 is 0.760 bits per heavy atom. The lowest BCUT2D eigenvalue weighted by molar-refractivity contribution is -0.870. The number of hydrogen-bond donors (Lipinski definition) is 1. The van der Waals surface area contributed by atoms with Gasteiger partial charge in [0.2, 0.25) is 0 Å². The maximum absolute atomic E-state index is 12.8. The van der Waals surface area contributed by atoms with Gasteiger partial charge in [-0.1, -0.05) is 252 Å². The fourth-order valence-corrected chi connectivity index (χ4v) is 8.02. The number of likely N-dealkylation sites (N-methyl/N-ethyl adjacent to an activating group) is 1. The molecule has 0 aromatic carbocycles. The lowest BCUT2D eigenvalue weighted by Gasteiger charge is -2.25. The van der Waals surface area contributed by atoms with Crippen LogP contribution in [0.3, 0.4) is 0 Å². The van der Waals surface area contributed by atoms with Crippen molar-refractivity contribution in [2.45, 2.75) is 245 Å². The SMILES string of the molecule is CC/C=C\C/C=C\C/C=C\C/C=C\C/C=C\CC(=O)OC(COC(=O)CCCCCCCCCCCCCCCCCCCCCCCC/C=C\C/C=C\C/C=C\C/C=C\CC)COC(OCC[N+](C)(C)C)C(=O)O. The van der Waals surface area contributed by atoms with E-state index in [1.807, 2.05) is 33.3 Å². The van der Waals surface area contributed by atoms with Crippen LogP contribution in [0.1, 0.15) is 232 Å². The highest BCUT2D eigenvalue weighted by Crippen LogP contribution is 2.16. The van der Waals surface area contributed by atoms with Crippen LogP contribution in [0.4, 0.5) is 0 Å². The molecule has 0 amide bonds. The predicted molar refractivity (Wildman–Crippen MR) is 318 cm³/mol. The number of hydrogen-bond acceptors (Lipinski definition) is 7. The highest BCUT2D eigenvalue weighted by atomic mass is 16.7. The minimum Gasteiger partial charge on any atom is -0.477 e. The number of carbonyl (C=O) groups excluding carboxylic acids is 2. The number of nitrogens with zero attached hydrogens (tertiary/aromatic N) is 1. The molecule has 0 rings (SSSR count). The molecule has 0 aliphatic heterocycles. The molecule has 0 heterocycles. The summed E-state index contributed by atoms with van der Waals surface area (Å²) in [5, 5.41) is 9.68. The molecule has 0 spiro atoms. The molecule has 0 aromatic heterocycles. The molecule has 0 aromatic rings. The zero-order valence-corrected chi connectivity index (χ0v) is 48.7. The minimum atomic E-state index is -1.54. The summed E-state index contributed by atoms with van der Waals surface area (Å²) in [7, 11) is 5.93. The van der Waals surface area contributed by atoms with E-state index in [-0.39, 0.29) is 38.6 Å². The van der Waals surface area contributed by atoms with Crippen molar-refractivity contribution >= 4 is 17.9 Å². The Morgan fingerprint density at radius 1 is 0.413 bits per heavy atom. The highest BCUT2D eigenvalue weighted by molar-refractivity contribution is 5.72. The number of aliphatic carboxylic acids is 1. The van der Waals surface area contributed by atoms with Crippen LogP contribution in [-0.2, 0) is 33.3 Å². The van der Waals surface area contributed by atoms with E-state index in [4.69, 9.17) is 18.9 Å². The van der Waals surface area contributed by atoms with Gasteiger partial charge in [-0.15, -0.1) is 0 Å². The predicted octanol–water partition coefficient (Wildman–Crippen LogP) is 17.9. The van der Waals surface area contributed by atoms with E-state index in [9.17, 15) is 19.5 Å². The van der Waals surface area contributed by atoms with Gasteiger partial charge in [-0.2, -0.15) is 0 Å². The molecule has 2 unspecified atom stereocenters. The van der Waals surface area contributed by atoms with E-state index in [2.05, 4.69) is 105 Å². The van der Waals surface area contributed by atoms with E-state index < -0.39 is 24.3 Å². The van der Waals surface area contributed by atoms with Crippen molar-refractivity contribution in [1.82, 2.24) is 0 Å². The maximum Gasteiger partial charge on any atom is 0.361 e. The molecule has 0 saturated heterocycles. The van der Waals surface area contributed by atoms with Crippen molar-refractivity contribution in [3.63, 3.8) is 0 Å². The van der Waals surface area contributed by atoms with E-state index in [1.165, 1.54) is 128 Å². The monoisotopic (exact) mass is 1050 g/mol. The third-order valence-electron chi connectivity index (χ3n) is 12.6. The van der Waals surface area contributed by atoms with Gasteiger partial charge in [0, 0.05) is 6.42 Å². The van der Waals surface area contributed by atoms with Gasteiger partial charge in [0.05, 0.1) is 40.8 Å². The second kappa shape index (κ2) is 56.2. The topological polar surface area (TPSA) is 108 Å². The lowest BCUT2D eigenvalue weighted by atomic mass is 10.0. The molecule has 0 fully saturated rings. The Bertz CT molecular complexity index is 1590. The smallest absolute Gasteiger partial charge is 0.361 e. The Morgan fingerprint density at radius 3 is 1.13 bits per heavy atom. The first-order valence-electron chi connectivity index (χ1n) is 30.1. The van der Waals surface area contributed by atoms with Gasteiger partial charge in [0.1, 0.15) is 13.2 Å². The van der Waals surface area contributed by atoms with Gasteiger partial charge >= 0.3 is 17.9 Å². The first kappa shape index (κ1) is 71.0. The number of ether oxygens (including phenoxy) is 4. The zero-order valence-electron chi connectivity index (χ0n) is 48.7. The normalized spacial score (nSPS) is 13.6. The molecule has 1 N–H and O–H groups in total. The second-order valence-corrected chi connectivity index (χ2v) is 20.9. The first-order valence-corrected chi connectivity index (χ1v) is 30.1. The van der Waals surface area contributed by atoms with Gasteiger partial charge < -0.3 is 28.5 Å². The Balaban J connectivity index is 4.09. The van der Waals surface area contributed by atoms with Crippen LogP contribution in [0.15, 0.2) is 109 Å². The summed E-state index contributed by atoms with van der Waals surface area (Å²) in [6.07, 6.45) is 75.2. The molecule has 0 bridgehead atoms. The summed E-state index contributed by atoms with van der Waals surface area (Å²) in [6, 6.07) is 0. The third kappa shape index (κ3) is 57.5. The number of esters is 2. The van der Waals surface area contributed by atoms with Crippen molar-refractivity contribution in [3.05, 3.63) is 109 Å². The molecule has 0 saturated carbocycles. The summed E-state index contributed by atoms with van der Waals surface area (Å²) in [6.45, 7) is 4.53. The third-order valence-corrected chi connectivity index (χ3v) is 12.6. The number of rotatable bonds is 54. The van der Waals surface area contributed by atoms with Gasteiger partial charge in [-0.05, 0) is 77.0 Å². The molecule has 9 heteroatoms. The fraction of sp³-hybridized carbons (Fsp3) is 0.682. The molecule has 75 heavy (non-hydrogen) atoms. The van der Waals surface area contributed by atoms with Crippen LogP contribution in [-0.4, -0.2) is 87.4 Å². The number of carbonyl (C=O) groups is 3. The second-order valence-electron chi connectivity index (χ2n) is 20.9. The average molecular weight is 1050 g/mol. The van der Waals surface area contributed by atoms with Crippen LogP contribution >= 0.6 is 0 Å². The summed E-state index contributed by atoms with van der Waals surface area (Å²) in [5.74, 6) is -2.17. The van der Waals surface area contributed by atoms with Crippen LogP contribution in [0.25, 0.3) is 0 Å². The number of quaternary nitrogens is 1. The van der Waals surface area contributed by atoms with Crippen LogP contribution in [0.5, 0.6) is 0 Å². The van der Waals surface area contributed by atoms with Crippen molar-refractivity contribution in [3.8, 4) is 0 Å². The summed E-state index contributed by atoms with van der Waals surface area (Å²) >= 11 is 0. The van der Waals surface area contributed by atoms with Crippen LogP contribution < -0.4 is 0 Å². The quantitative estimate of drug-likeness (QED) is 0.0211. The molecule has 428 valence electrons. The van der Waals surface area contributed by atoms with Crippen molar-refractivity contribution in [1.29, 1.82) is 0 Å². The van der Waals surface area contributed by atoms with E-state index >= 15 is 0 Å². The molecule has 0 aliphatic rings. The van der Waals surface area contributed by atoms with E-state index in [0.717, 1.165) is 70.6 Å². The van der Waals surface area contributed by atoms with Gasteiger partial charge in [-0.3, -0.25) is 9.59 Å². The number of unbranched alkanes of at least 4 members (excludes halogenated alkanes) is 22. The molecule has 9 nitrogen and oxygen atoms in total.